The summed E-state index contributed by atoms with van der Waals surface area (Å²) >= 11 is 0. The summed E-state index contributed by atoms with van der Waals surface area (Å²) in [6.07, 6.45) is 4.55. The minimum atomic E-state index is -2.56. The first-order chi connectivity index (χ1) is 7.38. The summed E-state index contributed by atoms with van der Waals surface area (Å²) in [7, 11) is 4.73. The van der Waals surface area contributed by atoms with E-state index in [2.05, 4.69) is 0 Å². The number of aliphatic hydroxyl groups is 1. The molecule has 5 heteroatoms. The van der Waals surface area contributed by atoms with E-state index < -0.39 is 13.5 Å². The monoisotopic (exact) mass is 248 g/mol. The molecule has 0 unspecified atom stereocenters. The van der Waals surface area contributed by atoms with Crippen LogP contribution in [0.5, 0.6) is 0 Å². The summed E-state index contributed by atoms with van der Waals surface area (Å²) < 4.78 is 16.2. The summed E-state index contributed by atoms with van der Waals surface area (Å²) in [6.45, 7) is 0. The van der Waals surface area contributed by atoms with Gasteiger partial charge in [-0.2, -0.15) is 0 Å². The maximum atomic E-state index is 12.7. The highest BCUT2D eigenvalue weighted by Gasteiger charge is 2.34. The van der Waals surface area contributed by atoms with Gasteiger partial charge in [0.25, 0.3) is 0 Å². The molecule has 0 bridgehead atoms. The second-order valence-electron chi connectivity index (χ2n) is 5.15. The van der Waals surface area contributed by atoms with Crippen molar-refractivity contribution >= 4 is 7.44 Å². The van der Waals surface area contributed by atoms with Gasteiger partial charge in [-0.05, 0) is 47.0 Å². The van der Waals surface area contributed by atoms with E-state index in [0.29, 0.717) is 12.1 Å². The zero-order valence-corrected chi connectivity index (χ0v) is 11.8. The summed E-state index contributed by atoms with van der Waals surface area (Å²) in [4.78, 5) is 0. The van der Waals surface area contributed by atoms with Crippen LogP contribution in [-0.4, -0.2) is 54.9 Å². The lowest BCUT2D eigenvalue weighted by Crippen LogP contribution is -2.31. The van der Waals surface area contributed by atoms with Crippen LogP contribution in [0.1, 0.15) is 25.7 Å². The molecule has 1 atom stereocenters. The Bertz CT molecular complexity index is 251. The number of rotatable bonds is 5. The second kappa shape index (κ2) is 5.63. The third-order valence-electron chi connectivity index (χ3n) is 3.62. The smallest absolute Gasteiger partial charge is 0.218 e. The van der Waals surface area contributed by atoms with E-state index >= 15 is 0 Å². The fraction of sp³-hybridized carbons (Fsp3) is 1.00. The van der Waals surface area contributed by atoms with Gasteiger partial charge in [-0.15, -0.1) is 0 Å². The first-order valence-corrected chi connectivity index (χ1v) is 7.80. The van der Waals surface area contributed by atoms with Crippen molar-refractivity contribution in [1.82, 2.24) is 9.34 Å². The fourth-order valence-corrected chi connectivity index (χ4v) is 4.57. The molecule has 16 heavy (non-hydrogen) atoms. The van der Waals surface area contributed by atoms with Crippen molar-refractivity contribution in [2.75, 3.05) is 34.4 Å². The van der Waals surface area contributed by atoms with Crippen LogP contribution in [0.2, 0.25) is 0 Å². The minimum Gasteiger partial charge on any atom is -0.392 e. The molecule has 0 aliphatic heterocycles. The zero-order valence-electron chi connectivity index (χ0n) is 10.9. The van der Waals surface area contributed by atoms with E-state index in [1.807, 2.05) is 28.2 Å². The molecule has 1 N–H and O–H groups in total. The molecule has 0 aromatic heterocycles. The Labute approximate surface area is 99.1 Å². The van der Waals surface area contributed by atoms with Crippen molar-refractivity contribution in [3.8, 4) is 0 Å². The van der Waals surface area contributed by atoms with E-state index in [0.717, 1.165) is 12.8 Å². The Balaban J connectivity index is 2.64. The molecule has 0 aromatic rings. The number of aliphatic hydroxyl groups excluding tert-OH is 1. The quantitative estimate of drug-likeness (QED) is 0.754. The van der Waals surface area contributed by atoms with E-state index in [4.69, 9.17) is 0 Å². The predicted molar refractivity (Wildman–Crippen MR) is 67.8 cm³/mol. The van der Waals surface area contributed by atoms with Crippen LogP contribution in [0.4, 0.5) is 0 Å². The van der Waals surface area contributed by atoms with Gasteiger partial charge in [-0.3, -0.25) is 4.57 Å². The Morgan fingerprint density at radius 3 is 2.00 bits per heavy atom. The molecule has 1 saturated carbocycles. The average molecular weight is 248 g/mol. The molecule has 0 heterocycles. The highest BCUT2D eigenvalue weighted by Crippen LogP contribution is 2.51. The third kappa shape index (κ3) is 3.07. The van der Waals surface area contributed by atoms with Crippen molar-refractivity contribution < 1.29 is 9.67 Å². The SMILES string of the molecule is CN(C)P(=O)(C[C@@H](O)C1CCCC1)N(C)C. The van der Waals surface area contributed by atoms with Gasteiger partial charge in [0.15, 0.2) is 0 Å². The lowest BCUT2D eigenvalue weighted by Gasteiger charge is -2.33. The Hall–Kier alpha value is 0.110. The van der Waals surface area contributed by atoms with Gasteiger partial charge >= 0.3 is 0 Å². The van der Waals surface area contributed by atoms with Crippen LogP contribution >= 0.6 is 7.44 Å². The molecule has 0 aromatic carbocycles. The molecular weight excluding hydrogens is 223 g/mol. The van der Waals surface area contributed by atoms with Crippen LogP contribution in [0.15, 0.2) is 0 Å². The highest BCUT2D eigenvalue weighted by atomic mass is 31.2. The van der Waals surface area contributed by atoms with E-state index in [1.165, 1.54) is 12.8 Å². The summed E-state index contributed by atoms with van der Waals surface area (Å²) in [5, 5.41) is 10.2. The summed E-state index contributed by atoms with van der Waals surface area (Å²) in [6, 6.07) is 0. The van der Waals surface area contributed by atoms with E-state index in [1.54, 1.807) is 9.34 Å². The standard InChI is InChI=1S/C11H25N2O2P/c1-12(2)16(15,13(3)4)9-11(14)10-7-5-6-8-10/h10-11,14H,5-9H2,1-4H3/t11-/m1/s1. The summed E-state index contributed by atoms with van der Waals surface area (Å²) in [5.74, 6) is 0.355. The molecule has 1 aliphatic rings. The van der Waals surface area contributed by atoms with Crippen molar-refractivity contribution in [1.29, 1.82) is 0 Å². The minimum absolute atomic E-state index is 0.355. The van der Waals surface area contributed by atoms with Crippen molar-refractivity contribution in [3.05, 3.63) is 0 Å². The van der Waals surface area contributed by atoms with Gasteiger partial charge in [0.05, 0.1) is 12.3 Å². The van der Waals surface area contributed by atoms with Crippen LogP contribution in [0.3, 0.4) is 0 Å². The predicted octanol–water partition coefficient (Wildman–Crippen LogP) is 1.85. The number of nitrogens with zero attached hydrogens (tertiary/aromatic N) is 2. The molecule has 0 amide bonds. The van der Waals surface area contributed by atoms with Crippen LogP contribution in [0.25, 0.3) is 0 Å². The molecule has 0 spiro atoms. The van der Waals surface area contributed by atoms with Gasteiger partial charge < -0.3 is 5.11 Å². The Kier molecular flexibility index (Phi) is 4.99. The second-order valence-corrected chi connectivity index (χ2v) is 8.45. The van der Waals surface area contributed by atoms with Gasteiger partial charge in [0, 0.05) is 0 Å². The molecule has 1 fully saturated rings. The van der Waals surface area contributed by atoms with Gasteiger partial charge in [-0.1, -0.05) is 12.8 Å². The number of hydrogen-bond acceptors (Lipinski definition) is 2. The Morgan fingerprint density at radius 1 is 1.19 bits per heavy atom. The van der Waals surface area contributed by atoms with Gasteiger partial charge in [0.2, 0.25) is 7.44 Å². The molecule has 0 radical (unpaired) electrons. The molecule has 0 saturated heterocycles. The van der Waals surface area contributed by atoms with Gasteiger partial charge in [-0.25, -0.2) is 9.34 Å². The first-order valence-electron chi connectivity index (χ1n) is 6.00. The third-order valence-corrected chi connectivity index (χ3v) is 6.97. The lowest BCUT2D eigenvalue weighted by molar-refractivity contribution is 0.128. The Morgan fingerprint density at radius 2 is 1.62 bits per heavy atom. The average Bonchev–Trinajstić information content (AvgIpc) is 2.69. The molecule has 96 valence electrons. The van der Waals surface area contributed by atoms with Crippen LogP contribution in [-0.2, 0) is 4.57 Å². The van der Waals surface area contributed by atoms with E-state index in [9.17, 15) is 9.67 Å². The van der Waals surface area contributed by atoms with Crippen molar-refractivity contribution in [2.45, 2.75) is 31.8 Å². The molecular formula is C11H25N2O2P. The topological polar surface area (TPSA) is 43.8 Å². The maximum Gasteiger partial charge on any atom is 0.218 e. The molecule has 4 nitrogen and oxygen atoms in total. The number of hydrogen-bond donors (Lipinski definition) is 1. The van der Waals surface area contributed by atoms with Crippen LogP contribution in [0, 0.1) is 5.92 Å². The van der Waals surface area contributed by atoms with Crippen molar-refractivity contribution in [3.63, 3.8) is 0 Å². The van der Waals surface area contributed by atoms with E-state index in [-0.39, 0.29) is 0 Å². The molecule has 1 rings (SSSR count). The molecule has 1 aliphatic carbocycles. The van der Waals surface area contributed by atoms with Gasteiger partial charge in [0.1, 0.15) is 0 Å². The summed E-state index contributed by atoms with van der Waals surface area (Å²) in [5.41, 5.74) is 0. The fourth-order valence-electron chi connectivity index (χ4n) is 2.42. The van der Waals surface area contributed by atoms with Crippen molar-refractivity contribution in [2.24, 2.45) is 5.92 Å². The first kappa shape index (κ1) is 14.2. The highest BCUT2D eigenvalue weighted by molar-refractivity contribution is 7.59. The lowest BCUT2D eigenvalue weighted by atomic mass is 10.0. The largest absolute Gasteiger partial charge is 0.392 e. The maximum absolute atomic E-state index is 12.7. The normalized spacial score (nSPS) is 20.9. The zero-order chi connectivity index (χ0) is 12.3. The van der Waals surface area contributed by atoms with Crippen LogP contribution < -0.4 is 0 Å².